The lowest BCUT2D eigenvalue weighted by Crippen LogP contribution is -2.18. The molecule has 0 spiro atoms. The van der Waals surface area contributed by atoms with Gasteiger partial charge >= 0.3 is 0 Å². The quantitative estimate of drug-likeness (QED) is 0.131. The summed E-state index contributed by atoms with van der Waals surface area (Å²) in [7, 11) is 0. The molecule has 0 fully saturated rings. The Kier molecular flexibility index (Phi) is 19.0. The van der Waals surface area contributed by atoms with Crippen LogP contribution in [0.2, 0.25) is 0 Å². The lowest BCUT2D eigenvalue weighted by Gasteiger charge is -2.18. The molecule has 2 nitrogen and oxygen atoms in total. The van der Waals surface area contributed by atoms with Crippen LogP contribution in [0.15, 0.2) is 12.2 Å². The number of alkyl halides is 1. The Balaban J connectivity index is 3.61. The van der Waals surface area contributed by atoms with Gasteiger partial charge in [0, 0.05) is 19.1 Å². The third-order valence-corrected chi connectivity index (χ3v) is 3.85. The lowest BCUT2D eigenvalue weighted by molar-refractivity contribution is -0.147. The molecule has 22 heavy (non-hydrogen) atoms. The Labute approximate surface area is 143 Å². The van der Waals surface area contributed by atoms with Crippen LogP contribution >= 0.6 is 11.6 Å². The summed E-state index contributed by atoms with van der Waals surface area (Å²) in [5.74, 6) is 0.766. The molecular formula is C19H37ClO2. The summed E-state index contributed by atoms with van der Waals surface area (Å²) < 4.78 is 11.7. The summed E-state index contributed by atoms with van der Waals surface area (Å²) in [5.41, 5.74) is 0. The normalized spacial score (nSPS) is 11.8. The third kappa shape index (κ3) is 16.3. The van der Waals surface area contributed by atoms with E-state index in [1.165, 1.54) is 38.5 Å². The first kappa shape index (κ1) is 21.9. The third-order valence-electron chi connectivity index (χ3n) is 3.58. The average Bonchev–Trinajstić information content (AvgIpc) is 2.53. The van der Waals surface area contributed by atoms with Gasteiger partial charge in [-0.15, -0.1) is 11.6 Å². The van der Waals surface area contributed by atoms with Crippen LogP contribution < -0.4 is 0 Å². The monoisotopic (exact) mass is 332 g/mol. The molecule has 0 aromatic rings. The molecule has 0 N–H and O–H groups in total. The van der Waals surface area contributed by atoms with Crippen LogP contribution in [0, 0.1) is 0 Å². The topological polar surface area (TPSA) is 18.5 Å². The number of halogens is 1. The first-order valence-corrected chi connectivity index (χ1v) is 9.82. The second-order valence-corrected chi connectivity index (χ2v) is 6.20. The summed E-state index contributed by atoms with van der Waals surface area (Å²) in [6, 6.07) is 0. The summed E-state index contributed by atoms with van der Waals surface area (Å²) >= 11 is 5.65. The number of allylic oxidation sites excluding steroid dienone is 2. The molecule has 0 aromatic carbocycles. The highest BCUT2D eigenvalue weighted by molar-refractivity contribution is 6.17. The number of hydrogen-bond donors (Lipinski definition) is 0. The Hall–Kier alpha value is -0.0500. The zero-order valence-electron chi connectivity index (χ0n) is 14.8. The predicted octanol–water partition coefficient (Wildman–Crippen LogP) is 6.47. The fraction of sp³-hybridized carbons (Fsp3) is 0.895. The van der Waals surface area contributed by atoms with Crippen molar-refractivity contribution in [2.24, 2.45) is 0 Å². The highest BCUT2D eigenvalue weighted by atomic mass is 35.5. The van der Waals surface area contributed by atoms with E-state index >= 15 is 0 Å². The zero-order chi connectivity index (χ0) is 16.3. The van der Waals surface area contributed by atoms with Crippen molar-refractivity contribution in [2.75, 3.05) is 19.1 Å². The highest BCUT2D eigenvalue weighted by Gasteiger charge is 2.08. The van der Waals surface area contributed by atoms with Gasteiger partial charge in [0.1, 0.15) is 0 Å². The first-order chi connectivity index (χ1) is 10.8. The Morgan fingerprint density at radius 2 is 1.36 bits per heavy atom. The van der Waals surface area contributed by atoms with Crippen LogP contribution in [-0.2, 0) is 9.47 Å². The Morgan fingerprint density at radius 1 is 0.773 bits per heavy atom. The largest absolute Gasteiger partial charge is 0.353 e. The molecule has 0 radical (unpaired) electrons. The number of hydrogen-bond acceptors (Lipinski definition) is 2. The predicted molar refractivity (Wildman–Crippen MR) is 97.7 cm³/mol. The maximum Gasteiger partial charge on any atom is 0.157 e. The fourth-order valence-electron chi connectivity index (χ4n) is 2.11. The average molecular weight is 333 g/mol. The van der Waals surface area contributed by atoms with Gasteiger partial charge in [0.15, 0.2) is 6.29 Å². The van der Waals surface area contributed by atoms with Crippen LogP contribution in [0.5, 0.6) is 0 Å². The molecule has 0 aliphatic heterocycles. The molecule has 3 heteroatoms. The summed E-state index contributed by atoms with van der Waals surface area (Å²) in [6.07, 6.45) is 17.3. The molecule has 0 amide bonds. The van der Waals surface area contributed by atoms with Crippen molar-refractivity contribution < 1.29 is 9.47 Å². The summed E-state index contributed by atoms with van der Waals surface area (Å²) in [5, 5.41) is 0. The molecular weight excluding hydrogens is 296 g/mol. The smallest absolute Gasteiger partial charge is 0.157 e. The van der Waals surface area contributed by atoms with E-state index in [1.54, 1.807) is 0 Å². The molecule has 0 aliphatic rings. The second kappa shape index (κ2) is 19.0. The SMILES string of the molecule is CCCCOC(CCCCC/C=C\CCCCl)OCCCC. The van der Waals surface area contributed by atoms with Crippen LogP contribution in [0.1, 0.15) is 84.5 Å². The molecule has 0 saturated heterocycles. The number of ether oxygens (including phenoxy) is 2. The molecule has 0 heterocycles. The van der Waals surface area contributed by atoms with E-state index in [2.05, 4.69) is 26.0 Å². The van der Waals surface area contributed by atoms with Crippen molar-refractivity contribution in [3.05, 3.63) is 12.2 Å². The minimum atomic E-state index is 0.0114. The first-order valence-electron chi connectivity index (χ1n) is 9.29. The molecule has 0 rings (SSSR count). The van der Waals surface area contributed by atoms with E-state index in [4.69, 9.17) is 21.1 Å². The van der Waals surface area contributed by atoms with Crippen LogP contribution in [0.3, 0.4) is 0 Å². The van der Waals surface area contributed by atoms with Gasteiger partial charge in [-0.25, -0.2) is 0 Å². The van der Waals surface area contributed by atoms with E-state index in [-0.39, 0.29) is 6.29 Å². The van der Waals surface area contributed by atoms with Crippen molar-refractivity contribution in [1.82, 2.24) is 0 Å². The molecule has 0 unspecified atom stereocenters. The zero-order valence-corrected chi connectivity index (χ0v) is 15.6. The maximum atomic E-state index is 5.85. The lowest BCUT2D eigenvalue weighted by atomic mass is 10.1. The summed E-state index contributed by atoms with van der Waals surface area (Å²) in [6.45, 7) is 6.04. The van der Waals surface area contributed by atoms with Crippen LogP contribution in [0.4, 0.5) is 0 Å². The van der Waals surface area contributed by atoms with Crippen molar-refractivity contribution in [3.8, 4) is 0 Å². The van der Waals surface area contributed by atoms with E-state index in [9.17, 15) is 0 Å². The van der Waals surface area contributed by atoms with E-state index in [0.29, 0.717) is 0 Å². The van der Waals surface area contributed by atoms with E-state index in [1.807, 2.05) is 0 Å². The molecule has 0 aliphatic carbocycles. The maximum absolute atomic E-state index is 5.85. The highest BCUT2D eigenvalue weighted by Crippen LogP contribution is 2.11. The molecule has 132 valence electrons. The van der Waals surface area contributed by atoms with Crippen molar-refractivity contribution >= 4 is 11.6 Å². The summed E-state index contributed by atoms with van der Waals surface area (Å²) in [4.78, 5) is 0. The molecule has 0 saturated carbocycles. The number of rotatable bonds is 17. The van der Waals surface area contributed by atoms with Gasteiger partial charge in [-0.05, 0) is 51.4 Å². The van der Waals surface area contributed by atoms with Crippen LogP contribution in [-0.4, -0.2) is 25.4 Å². The van der Waals surface area contributed by atoms with Gasteiger partial charge in [-0.1, -0.05) is 45.3 Å². The number of unbranched alkanes of at least 4 members (excludes halogenated alkanes) is 6. The van der Waals surface area contributed by atoms with Crippen molar-refractivity contribution in [2.45, 2.75) is 90.8 Å². The van der Waals surface area contributed by atoms with Gasteiger partial charge < -0.3 is 9.47 Å². The minimum Gasteiger partial charge on any atom is -0.353 e. The van der Waals surface area contributed by atoms with Crippen molar-refractivity contribution in [3.63, 3.8) is 0 Å². The fourth-order valence-corrected chi connectivity index (χ4v) is 2.27. The van der Waals surface area contributed by atoms with Gasteiger partial charge in [-0.3, -0.25) is 0 Å². The second-order valence-electron chi connectivity index (χ2n) is 5.82. The molecule has 0 aromatic heterocycles. The minimum absolute atomic E-state index is 0.0114. The van der Waals surface area contributed by atoms with Gasteiger partial charge in [0.05, 0.1) is 0 Å². The Bertz CT molecular complexity index is 221. The van der Waals surface area contributed by atoms with Crippen LogP contribution in [0.25, 0.3) is 0 Å². The Morgan fingerprint density at radius 3 is 1.91 bits per heavy atom. The van der Waals surface area contributed by atoms with Gasteiger partial charge in [0.25, 0.3) is 0 Å². The van der Waals surface area contributed by atoms with Crippen molar-refractivity contribution in [1.29, 1.82) is 0 Å². The van der Waals surface area contributed by atoms with E-state index in [0.717, 1.165) is 51.2 Å². The molecule has 0 atom stereocenters. The van der Waals surface area contributed by atoms with E-state index < -0.39 is 0 Å². The van der Waals surface area contributed by atoms with Gasteiger partial charge in [-0.2, -0.15) is 0 Å². The van der Waals surface area contributed by atoms with Gasteiger partial charge in [0.2, 0.25) is 0 Å². The standard InChI is InChI=1S/C19H37ClO2/c1-3-5-17-21-19(22-18-6-4-2)15-13-11-9-7-8-10-12-14-16-20/h8,10,19H,3-7,9,11-18H2,1-2H3/b10-8-. The molecule has 0 bridgehead atoms.